The number of aryl methyl sites for hydroxylation is 3. The van der Waals surface area contributed by atoms with Gasteiger partial charge in [-0.05, 0) is 37.1 Å². The molecule has 5 rings (SSSR count). The van der Waals surface area contributed by atoms with Crippen molar-refractivity contribution in [2.24, 2.45) is 0 Å². The molecule has 1 N–H and O–H groups in total. The van der Waals surface area contributed by atoms with E-state index in [1.807, 2.05) is 6.92 Å². The van der Waals surface area contributed by atoms with Crippen molar-refractivity contribution < 1.29 is 9.21 Å². The van der Waals surface area contributed by atoms with E-state index >= 15 is 0 Å². The third-order valence-electron chi connectivity index (χ3n) is 4.87. The smallest absolute Gasteiger partial charge is 0.266 e. The molecule has 0 aliphatic carbocycles. The van der Waals surface area contributed by atoms with E-state index in [4.69, 9.17) is 4.42 Å². The number of thiophene rings is 1. The molecule has 27 heavy (non-hydrogen) atoms. The number of benzene rings is 1. The Hall–Kier alpha value is -3.00. The van der Waals surface area contributed by atoms with Crippen LogP contribution in [0.25, 0.3) is 21.3 Å². The van der Waals surface area contributed by atoms with Crippen LogP contribution in [0.2, 0.25) is 0 Å². The van der Waals surface area contributed by atoms with Crippen molar-refractivity contribution in [2.45, 2.75) is 33.2 Å². The van der Waals surface area contributed by atoms with Crippen LogP contribution in [0.1, 0.15) is 33.4 Å². The fourth-order valence-electron chi connectivity index (χ4n) is 3.60. The number of carbonyl (C=O) groups excluding carboxylic acids is 1. The third kappa shape index (κ3) is 2.48. The molecule has 0 fully saturated rings. The Morgan fingerprint density at radius 3 is 3.00 bits per heavy atom. The van der Waals surface area contributed by atoms with E-state index in [2.05, 4.69) is 15.3 Å². The molecule has 4 heterocycles. The maximum atomic E-state index is 12.8. The van der Waals surface area contributed by atoms with Crippen molar-refractivity contribution in [2.75, 3.05) is 5.32 Å². The minimum Gasteiger partial charge on any atom is -0.441 e. The van der Waals surface area contributed by atoms with Gasteiger partial charge in [0.1, 0.15) is 16.2 Å². The van der Waals surface area contributed by atoms with Crippen LogP contribution in [-0.2, 0) is 13.0 Å². The lowest BCUT2D eigenvalue weighted by atomic mass is 10.2. The van der Waals surface area contributed by atoms with Crippen molar-refractivity contribution in [3.8, 4) is 0 Å². The van der Waals surface area contributed by atoms with Gasteiger partial charge >= 0.3 is 0 Å². The Morgan fingerprint density at radius 2 is 2.15 bits per heavy atom. The van der Waals surface area contributed by atoms with Gasteiger partial charge in [0, 0.05) is 25.6 Å². The van der Waals surface area contributed by atoms with Gasteiger partial charge in [-0.2, -0.15) is 0 Å². The highest BCUT2D eigenvalue weighted by Crippen LogP contribution is 2.29. The number of nitrogens with zero attached hydrogens (tertiary/aromatic N) is 3. The molecule has 4 aromatic rings. The lowest BCUT2D eigenvalue weighted by Gasteiger charge is -2.04. The summed E-state index contributed by atoms with van der Waals surface area (Å²) in [5, 5.41) is 3.45. The number of anilines is 1. The zero-order valence-corrected chi connectivity index (χ0v) is 15.6. The van der Waals surface area contributed by atoms with Crippen LogP contribution in [0.4, 0.5) is 5.69 Å². The molecule has 0 unspecified atom stereocenters. The molecule has 1 aromatic carbocycles. The summed E-state index contributed by atoms with van der Waals surface area (Å²) in [6.45, 7) is 4.29. The van der Waals surface area contributed by atoms with Crippen LogP contribution in [0.15, 0.2) is 27.4 Å². The monoisotopic (exact) mass is 380 g/mol. The normalized spacial score (nSPS) is 13.4. The molecule has 0 radical (unpaired) electrons. The average molecular weight is 380 g/mol. The summed E-state index contributed by atoms with van der Waals surface area (Å²) in [4.78, 5) is 35.6. The molecular weight excluding hydrogens is 364 g/mol. The highest BCUT2D eigenvalue weighted by molar-refractivity contribution is 7.20. The van der Waals surface area contributed by atoms with Crippen LogP contribution >= 0.6 is 11.3 Å². The number of fused-ring (bicyclic) bond motifs is 3. The van der Waals surface area contributed by atoms with Gasteiger partial charge < -0.3 is 9.73 Å². The molecule has 7 nitrogen and oxygen atoms in total. The molecular formula is C19H16N4O3S. The first kappa shape index (κ1) is 16.2. The molecule has 0 spiro atoms. The van der Waals surface area contributed by atoms with Crippen LogP contribution in [0.5, 0.6) is 0 Å². The highest BCUT2D eigenvalue weighted by atomic mass is 32.1. The summed E-state index contributed by atoms with van der Waals surface area (Å²) in [6.07, 6.45) is 1.75. The Bertz CT molecular complexity index is 1300. The van der Waals surface area contributed by atoms with E-state index in [0.717, 1.165) is 18.7 Å². The van der Waals surface area contributed by atoms with Crippen LogP contribution in [-0.4, -0.2) is 20.4 Å². The number of nitrogens with one attached hydrogen (secondary N) is 1. The number of hydrogen-bond donors (Lipinski definition) is 1. The first-order chi connectivity index (χ1) is 13.0. The number of rotatable bonds is 2. The molecule has 0 bridgehead atoms. The van der Waals surface area contributed by atoms with Crippen molar-refractivity contribution in [1.29, 1.82) is 0 Å². The number of oxazole rings is 1. The van der Waals surface area contributed by atoms with Gasteiger partial charge in [-0.25, -0.2) is 9.97 Å². The Morgan fingerprint density at radius 1 is 1.30 bits per heavy atom. The van der Waals surface area contributed by atoms with E-state index in [0.29, 0.717) is 49.9 Å². The Kier molecular flexibility index (Phi) is 3.45. The molecule has 3 aromatic heterocycles. The second kappa shape index (κ2) is 5.75. The van der Waals surface area contributed by atoms with E-state index in [1.54, 1.807) is 29.7 Å². The number of aromatic nitrogens is 3. The minimum atomic E-state index is -0.250. The SMILES string of the molecule is Cc1nc2cc(NC(=O)c3sc4nc5n(c(=O)c4c3C)CCC5)ccc2o1. The van der Waals surface area contributed by atoms with Gasteiger partial charge in [0.2, 0.25) is 0 Å². The zero-order chi connectivity index (χ0) is 18.7. The second-order valence-electron chi connectivity index (χ2n) is 6.69. The number of hydrogen-bond acceptors (Lipinski definition) is 6. The van der Waals surface area contributed by atoms with Crippen LogP contribution in [0, 0.1) is 13.8 Å². The summed E-state index contributed by atoms with van der Waals surface area (Å²) in [5.74, 6) is 1.14. The quantitative estimate of drug-likeness (QED) is 0.575. The maximum Gasteiger partial charge on any atom is 0.266 e. The van der Waals surface area contributed by atoms with Crippen molar-refractivity contribution in [3.05, 3.63) is 50.7 Å². The molecule has 0 saturated heterocycles. The highest BCUT2D eigenvalue weighted by Gasteiger charge is 2.23. The van der Waals surface area contributed by atoms with Crippen molar-refractivity contribution in [1.82, 2.24) is 14.5 Å². The van der Waals surface area contributed by atoms with Gasteiger partial charge in [0.25, 0.3) is 11.5 Å². The van der Waals surface area contributed by atoms with Gasteiger partial charge in [0.05, 0.1) is 10.3 Å². The summed E-state index contributed by atoms with van der Waals surface area (Å²) >= 11 is 1.27. The second-order valence-corrected chi connectivity index (χ2v) is 7.69. The summed E-state index contributed by atoms with van der Waals surface area (Å²) in [5.41, 5.74) is 2.64. The Balaban J connectivity index is 1.54. The molecule has 1 aliphatic rings. The number of carbonyl (C=O) groups is 1. The zero-order valence-electron chi connectivity index (χ0n) is 14.8. The average Bonchev–Trinajstić information content (AvgIpc) is 3.31. The third-order valence-corrected chi connectivity index (χ3v) is 6.05. The number of amides is 1. The van der Waals surface area contributed by atoms with Gasteiger partial charge in [-0.3, -0.25) is 14.2 Å². The largest absolute Gasteiger partial charge is 0.441 e. The topological polar surface area (TPSA) is 90.0 Å². The van der Waals surface area contributed by atoms with E-state index in [9.17, 15) is 9.59 Å². The van der Waals surface area contributed by atoms with Gasteiger partial charge in [-0.1, -0.05) is 0 Å². The fourth-order valence-corrected chi connectivity index (χ4v) is 4.69. The predicted octanol–water partition coefficient (Wildman–Crippen LogP) is 3.41. The van der Waals surface area contributed by atoms with Crippen molar-refractivity contribution >= 4 is 44.2 Å². The summed E-state index contributed by atoms with van der Waals surface area (Å²) in [7, 11) is 0. The van der Waals surface area contributed by atoms with Crippen molar-refractivity contribution in [3.63, 3.8) is 0 Å². The van der Waals surface area contributed by atoms with Crippen LogP contribution < -0.4 is 10.9 Å². The molecule has 1 amide bonds. The molecule has 0 saturated carbocycles. The first-order valence-corrected chi connectivity index (χ1v) is 9.54. The molecule has 1 aliphatic heterocycles. The standard InChI is InChI=1S/C19H16N4O3S/c1-9-15-18(22-14-4-3-7-23(14)19(15)25)27-16(9)17(24)21-11-5-6-13-12(8-11)20-10(2)26-13/h5-6,8H,3-4,7H2,1-2H3,(H,21,24). The fraction of sp³-hybridized carbons (Fsp3) is 0.263. The van der Waals surface area contributed by atoms with E-state index in [-0.39, 0.29) is 11.5 Å². The lowest BCUT2D eigenvalue weighted by Crippen LogP contribution is -2.20. The van der Waals surface area contributed by atoms with E-state index in [1.165, 1.54) is 11.3 Å². The van der Waals surface area contributed by atoms with Gasteiger partial charge in [0.15, 0.2) is 11.5 Å². The molecule has 0 atom stereocenters. The minimum absolute atomic E-state index is 0.0419. The Labute approximate surface area is 157 Å². The van der Waals surface area contributed by atoms with E-state index < -0.39 is 0 Å². The molecule has 136 valence electrons. The maximum absolute atomic E-state index is 12.8. The lowest BCUT2D eigenvalue weighted by molar-refractivity contribution is 0.103. The first-order valence-electron chi connectivity index (χ1n) is 8.72. The summed E-state index contributed by atoms with van der Waals surface area (Å²) in [6, 6.07) is 5.32. The van der Waals surface area contributed by atoms with Crippen LogP contribution in [0.3, 0.4) is 0 Å². The molecule has 8 heteroatoms. The van der Waals surface area contributed by atoms with Gasteiger partial charge in [-0.15, -0.1) is 11.3 Å². The predicted molar refractivity (Wildman–Crippen MR) is 104 cm³/mol. The summed E-state index contributed by atoms with van der Waals surface area (Å²) < 4.78 is 7.18.